The molecule has 1 fully saturated rings. The van der Waals surface area contributed by atoms with E-state index in [2.05, 4.69) is 53.7 Å². The maximum Gasteiger partial charge on any atom is 0.294 e. The van der Waals surface area contributed by atoms with E-state index in [0.29, 0.717) is 11.5 Å². The fourth-order valence-corrected chi connectivity index (χ4v) is 5.66. The zero-order valence-electron chi connectivity index (χ0n) is 28.6. The summed E-state index contributed by atoms with van der Waals surface area (Å²) in [5.41, 5.74) is 6.61. The first kappa shape index (κ1) is 39.2. The van der Waals surface area contributed by atoms with E-state index in [4.69, 9.17) is 14.5 Å². The molecule has 0 aliphatic heterocycles. The van der Waals surface area contributed by atoms with Gasteiger partial charge in [-0.05, 0) is 91.0 Å². The standard InChI is InChI=1S/C30H42N2O2.C7H8O3S.Co/c1-19-13-23(29(3,4)5)15-21(27(19)33)17-31-25-11-9-10-12-26(25)32-18-22-16-24(30(6,7)8)14-20(2)28(22)34;1-6-2-4-7(5-3-6)11(8,9)10;/h13-18,25-26,33-34H,9-12H2,1-8H3;2-5H,1H3,(H,8,9,10);/t25-,26-;;/m1../s1. The minimum atomic E-state index is -4.02. The van der Waals surface area contributed by atoms with E-state index < -0.39 is 10.1 Å². The Morgan fingerprint density at radius 1 is 0.696 bits per heavy atom. The Morgan fingerprint density at radius 3 is 1.39 bits per heavy atom. The van der Waals surface area contributed by atoms with Gasteiger partial charge in [-0.3, -0.25) is 14.5 Å². The summed E-state index contributed by atoms with van der Waals surface area (Å²) in [6, 6.07) is 14.3. The third kappa shape index (κ3) is 10.8. The van der Waals surface area contributed by atoms with Crippen LogP contribution in [0.25, 0.3) is 0 Å². The minimum Gasteiger partial charge on any atom is -0.507 e. The summed E-state index contributed by atoms with van der Waals surface area (Å²) in [6.45, 7) is 18.8. The number of aryl methyl sites for hydroxylation is 3. The first-order valence-electron chi connectivity index (χ1n) is 15.6. The Balaban J connectivity index is 0.000000519. The average Bonchev–Trinajstić information content (AvgIpc) is 2.94. The average molecular weight is 694 g/mol. The molecule has 0 amide bonds. The van der Waals surface area contributed by atoms with Gasteiger partial charge in [-0.2, -0.15) is 8.42 Å². The monoisotopic (exact) mass is 693 g/mol. The first-order valence-corrected chi connectivity index (χ1v) is 17.0. The van der Waals surface area contributed by atoms with Crippen molar-refractivity contribution in [1.82, 2.24) is 0 Å². The second-order valence-electron chi connectivity index (χ2n) is 14.2. The first-order chi connectivity index (χ1) is 20.8. The molecule has 1 saturated carbocycles. The van der Waals surface area contributed by atoms with Gasteiger partial charge in [-0.1, -0.05) is 84.2 Å². The van der Waals surface area contributed by atoms with Crippen LogP contribution in [0.15, 0.2) is 63.4 Å². The van der Waals surface area contributed by atoms with Crippen molar-refractivity contribution in [2.75, 3.05) is 0 Å². The third-order valence-corrected chi connectivity index (χ3v) is 9.08. The summed E-state index contributed by atoms with van der Waals surface area (Å²) in [5.74, 6) is 0.596. The van der Waals surface area contributed by atoms with Crippen molar-refractivity contribution in [2.45, 2.75) is 116 Å². The van der Waals surface area contributed by atoms with Crippen LogP contribution < -0.4 is 0 Å². The Hall–Kier alpha value is -2.98. The van der Waals surface area contributed by atoms with Crippen LogP contribution in [0.5, 0.6) is 11.5 Å². The van der Waals surface area contributed by atoms with Crippen molar-refractivity contribution >= 4 is 22.5 Å². The van der Waals surface area contributed by atoms with Gasteiger partial charge in [0.25, 0.3) is 10.1 Å². The van der Waals surface area contributed by atoms with Gasteiger partial charge in [0.1, 0.15) is 11.5 Å². The molecule has 2 atom stereocenters. The number of nitrogens with zero attached hydrogens (tertiary/aromatic N) is 2. The second kappa shape index (κ2) is 15.7. The Morgan fingerprint density at radius 2 is 1.07 bits per heavy atom. The van der Waals surface area contributed by atoms with E-state index in [1.54, 1.807) is 12.1 Å². The fourth-order valence-electron chi connectivity index (χ4n) is 5.18. The van der Waals surface area contributed by atoms with E-state index in [1.165, 1.54) is 23.3 Å². The van der Waals surface area contributed by atoms with E-state index in [9.17, 15) is 18.6 Å². The molecular weight excluding hydrogens is 643 g/mol. The molecule has 0 heterocycles. The van der Waals surface area contributed by atoms with Crippen LogP contribution in [-0.2, 0) is 37.7 Å². The van der Waals surface area contributed by atoms with Gasteiger partial charge in [0.2, 0.25) is 0 Å². The molecule has 0 saturated heterocycles. The number of phenolic OH excluding ortho intramolecular Hbond substituents is 2. The number of phenols is 2. The molecule has 3 aromatic rings. The fraction of sp³-hybridized carbons (Fsp3) is 0.459. The molecular formula is C37H50CoN2O5S. The number of rotatable bonds is 5. The van der Waals surface area contributed by atoms with Crippen LogP contribution in [0, 0.1) is 20.8 Å². The quantitative estimate of drug-likeness (QED) is 0.183. The SMILES string of the molecule is Cc1cc(C(C)(C)C)cc(C=N[C@@H]2CCCC[C@H]2N=Cc2cc(C(C)(C)C)cc(C)c2O)c1O.Cc1ccc(S(=O)(=O)O)cc1.[Co]. The van der Waals surface area contributed by atoms with Crippen molar-refractivity contribution in [3.63, 3.8) is 0 Å². The molecule has 7 nitrogen and oxygen atoms in total. The Kier molecular flexibility index (Phi) is 13.4. The molecule has 4 rings (SSSR count). The van der Waals surface area contributed by atoms with Gasteiger partial charge in [0, 0.05) is 40.3 Å². The largest absolute Gasteiger partial charge is 0.507 e. The normalized spacial score (nSPS) is 17.4. The molecule has 9 heteroatoms. The van der Waals surface area contributed by atoms with E-state index >= 15 is 0 Å². The second-order valence-corrected chi connectivity index (χ2v) is 15.6. The maximum absolute atomic E-state index is 10.6. The number of aromatic hydroxyl groups is 2. The summed E-state index contributed by atoms with van der Waals surface area (Å²) in [5, 5.41) is 21.3. The van der Waals surface area contributed by atoms with Crippen molar-refractivity contribution in [3.8, 4) is 11.5 Å². The predicted molar refractivity (Wildman–Crippen MR) is 185 cm³/mol. The molecule has 0 spiro atoms. The molecule has 253 valence electrons. The number of benzene rings is 3. The van der Waals surface area contributed by atoms with Crippen molar-refractivity contribution < 1.29 is 40.0 Å². The summed E-state index contributed by atoms with van der Waals surface area (Å²) in [6.07, 6.45) is 7.88. The zero-order valence-corrected chi connectivity index (χ0v) is 30.4. The summed E-state index contributed by atoms with van der Waals surface area (Å²) in [7, 11) is -4.02. The summed E-state index contributed by atoms with van der Waals surface area (Å²) >= 11 is 0. The molecule has 0 bridgehead atoms. The third-order valence-electron chi connectivity index (χ3n) is 8.21. The zero-order chi connectivity index (χ0) is 33.7. The summed E-state index contributed by atoms with van der Waals surface area (Å²) < 4.78 is 29.6. The predicted octanol–water partition coefficient (Wildman–Crippen LogP) is 8.40. The van der Waals surface area contributed by atoms with Gasteiger partial charge < -0.3 is 10.2 Å². The van der Waals surface area contributed by atoms with E-state index in [0.717, 1.165) is 53.5 Å². The van der Waals surface area contributed by atoms with Crippen LogP contribution in [0.3, 0.4) is 0 Å². The number of aliphatic imine (C=N–C) groups is 2. The van der Waals surface area contributed by atoms with Gasteiger partial charge in [0.15, 0.2) is 0 Å². The van der Waals surface area contributed by atoms with E-state index in [-0.39, 0.29) is 44.6 Å². The summed E-state index contributed by atoms with van der Waals surface area (Å²) in [4.78, 5) is 9.75. The van der Waals surface area contributed by atoms with Gasteiger partial charge >= 0.3 is 0 Å². The molecule has 1 aliphatic rings. The molecule has 1 radical (unpaired) electrons. The Bertz CT molecular complexity index is 1560. The minimum absolute atomic E-state index is 0. The van der Waals surface area contributed by atoms with Crippen molar-refractivity contribution in [3.05, 3.63) is 87.5 Å². The molecule has 46 heavy (non-hydrogen) atoms. The smallest absolute Gasteiger partial charge is 0.294 e. The van der Waals surface area contributed by atoms with Crippen LogP contribution in [0.2, 0.25) is 0 Å². The van der Waals surface area contributed by atoms with E-state index in [1.807, 2.05) is 45.3 Å². The molecule has 0 aromatic heterocycles. The molecule has 0 unspecified atom stereocenters. The van der Waals surface area contributed by atoms with Crippen molar-refractivity contribution in [1.29, 1.82) is 0 Å². The maximum atomic E-state index is 10.6. The molecule has 1 aliphatic carbocycles. The van der Waals surface area contributed by atoms with Crippen LogP contribution >= 0.6 is 0 Å². The van der Waals surface area contributed by atoms with Crippen LogP contribution in [-0.4, -0.2) is 47.7 Å². The number of hydrogen-bond donors (Lipinski definition) is 3. The van der Waals surface area contributed by atoms with Crippen LogP contribution in [0.1, 0.15) is 106 Å². The Labute approximate surface area is 286 Å². The molecule has 3 N–H and O–H groups in total. The number of hydrogen-bond acceptors (Lipinski definition) is 6. The van der Waals surface area contributed by atoms with Crippen LogP contribution in [0.4, 0.5) is 0 Å². The molecule has 3 aromatic carbocycles. The van der Waals surface area contributed by atoms with Gasteiger partial charge in [0.05, 0.1) is 17.0 Å². The van der Waals surface area contributed by atoms with Gasteiger partial charge in [-0.15, -0.1) is 0 Å². The van der Waals surface area contributed by atoms with Crippen molar-refractivity contribution in [2.24, 2.45) is 9.98 Å². The van der Waals surface area contributed by atoms with Gasteiger partial charge in [-0.25, -0.2) is 0 Å². The topological polar surface area (TPSA) is 120 Å².